The smallest absolute Gasteiger partial charge is 0.252 e. The predicted octanol–water partition coefficient (Wildman–Crippen LogP) is 5.67. The molecule has 0 saturated heterocycles. The second-order valence-electron chi connectivity index (χ2n) is 10.6. The molecule has 2 amide bonds. The molecule has 2 aromatic heterocycles. The standard InChI is InChI=1S/C28H38N4O2S/c1-18(2)15-23(28(34)31(4)5)30-27(33)20-12-13-25-22(16-20)29-26(17-21-10-8-14-35-21)32(25)24-11-7-6-9-19(24)3/h8,10,12-14,16,18-19,23-24H,6-7,9,11,15,17H2,1-5H3,(H,30,33). The summed E-state index contributed by atoms with van der Waals surface area (Å²) in [5.41, 5.74) is 2.48. The minimum absolute atomic E-state index is 0.0815. The van der Waals surface area contributed by atoms with Gasteiger partial charge in [0.1, 0.15) is 11.9 Å². The minimum atomic E-state index is -0.539. The zero-order valence-electron chi connectivity index (χ0n) is 21.6. The molecule has 2 heterocycles. The molecule has 1 N–H and O–H groups in total. The third kappa shape index (κ3) is 5.77. The number of likely N-dealkylation sites (N-methyl/N-ethyl adjacent to an activating group) is 1. The van der Waals surface area contributed by atoms with Gasteiger partial charge in [-0.3, -0.25) is 9.59 Å². The molecular formula is C28H38N4O2S. The van der Waals surface area contributed by atoms with Crippen LogP contribution in [0.15, 0.2) is 35.7 Å². The van der Waals surface area contributed by atoms with E-state index >= 15 is 0 Å². The largest absolute Gasteiger partial charge is 0.347 e. The summed E-state index contributed by atoms with van der Waals surface area (Å²) in [5, 5.41) is 5.08. The Morgan fingerprint density at radius 3 is 2.63 bits per heavy atom. The summed E-state index contributed by atoms with van der Waals surface area (Å²) in [4.78, 5) is 33.7. The highest BCUT2D eigenvalue weighted by atomic mass is 32.1. The molecule has 4 rings (SSSR count). The van der Waals surface area contributed by atoms with Gasteiger partial charge in [-0.2, -0.15) is 0 Å². The highest BCUT2D eigenvalue weighted by molar-refractivity contribution is 7.09. The van der Waals surface area contributed by atoms with E-state index in [9.17, 15) is 9.59 Å². The molecule has 3 aromatic rings. The van der Waals surface area contributed by atoms with Crippen molar-refractivity contribution in [2.75, 3.05) is 14.1 Å². The Morgan fingerprint density at radius 2 is 1.97 bits per heavy atom. The van der Waals surface area contributed by atoms with Gasteiger partial charge in [0.2, 0.25) is 5.91 Å². The summed E-state index contributed by atoms with van der Waals surface area (Å²) >= 11 is 1.76. The van der Waals surface area contributed by atoms with Crippen molar-refractivity contribution >= 4 is 34.2 Å². The van der Waals surface area contributed by atoms with Crippen LogP contribution in [-0.4, -0.2) is 46.4 Å². The first-order valence-corrected chi connectivity index (χ1v) is 13.7. The van der Waals surface area contributed by atoms with Crippen molar-refractivity contribution in [1.29, 1.82) is 0 Å². The van der Waals surface area contributed by atoms with Crippen LogP contribution >= 0.6 is 11.3 Å². The van der Waals surface area contributed by atoms with Gasteiger partial charge >= 0.3 is 0 Å². The van der Waals surface area contributed by atoms with Crippen LogP contribution in [0, 0.1) is 11.8 Å². The minimum Gasteiger partial charge on any atom is -0.347 e. The molecule has 35 heavy (non-hydrogen) atoms. The fourth-order valence-corrected chi connectivity index (χ4v) is 5.98. The predicted molar refractivity (Wildman–Crippen MR) is 143 cm³/mol. The number of aromatic nitrogens is 2. The summed E-state index contributed by atoms with van der Waals surface area (Å²) in [7, 11) is 3.45. The number of benzene rings is 1. The molecule has 1 saturated carbocycles. The number of carbonyl (C=O) groups excluding carboxylic acids is 2. The maximum Gasteiger partial charge on any atom is 0.252 e. The van der Waals surface area contributed by atoms with Crippen LogP contribution in [0.4, 0.5) is 0 Å². The van der Waals surface area contributed by atoms with Crippen LogP contribution in [0.1, 0.15) is 80.0 Å². The molecule has 3 atom stereocenters. The van der Waals surface area contributed by atoms with Gasteiger partial charge in [-0.05, 0) is 60.7 Å². The lowest BCUT2D eigenvalue weighted by Gasteiger charge is -2.31. The molecule has 0 spiro atoms. The van der Waals surface area contributed by atoms with E-state index in [0.717, 1.165) is 29.7 Å². The summed E-state index contributed by atoms with van der Waals surface area (Å²) in [6.45, 7) is 6.47. The SMILES string of the molecule is CC(C)CC(NC(=O)c1ccc2c(c1)nc(Cc1cccs1)n2C1CCCCC1C)C(=O)N(C)C. The number of carbonyl (C=O) groups is 2. The van der Waals surface area contributed by atoms with E-state index in [1.807, 2.05) is 18.2 Å². The maximum absolute atomic E-state index is 13.2. The number of hydrogen-bond donors (Lipinski definition) is 1. The highest BCUT2D eigenvalue weighted by Gasteiger charge is 2.28. The quantitative estimate of drug-likeness (QED) is 0.439. The maximum atomic E-state index is 13.2. The van der Waals surface area contributed by atoms with Gasteiger partial charge in [0.15, 0.2) is 0 Å². The Kier molecular flexibility index (Phi) is 7.95. The lowest BCUT2D eigenvalue weighted by atomic mass is 9.85. The molecule has 0 bridgehead atoms. The Bertz CT molecular complexity index is 1170. The second kappa shape index (κ2) is 10.9. The van der Waals surface area contributed by atoms with Crippen molar-refractivity contribution in [3.8, 4) is 0 Å². The third-order valence-corrected chi connectivity index (χ3v) is 7.96. The second-order valence-corrected chi connectivity index (χ2v) is 11.6. The van der Waals surface area contributed by atoms with E-state index in [1.54, 1.807) is 30.3 Å². The molecule has 3 unspecified atom stereocenters. The van der Waals surface area contributed by atoms with Crippen LogP contribution in [0.2, 0.25) is 0 Å². The number of hydrogen-bond acceptors (Lipinski definition) is 4. The van der Waals surface area contributed by atoms with Crippen LogP contribution in [0.3, 0.4) is 0 Å². The third-order valence-electron chi connectivity index (χ3n) is 7.09. The van der Waals surface area contributed by atoms with Crippen molar-refractivity contribution in [2.45, 2.75) is 71.4 Å². The van der Waals surface area contributed by atoms with Crippen molar-refractivity contribution < 1.29 is 9.59 Å². The van der Waals surface area contributed by atoms with Crippen LogP contribution in [0.5, 0.6) is 0 Å². The Balaban J connectivity index is 1.67. The molecule has 0 aliphatic heterocycles. The van der Waals surface area contributed by atoms with E-state index in [4.69, 9.17) is 4.98 Å². The van der Waals surface area contributed by atoms with Crippen molar-refractivity contribution in [1.82, 2.24) is 19.8 Å². The van der Waals surface area contributed by atoms with Gasteiger partial charge in [0, 0.05) is 37.0 Å². The molecule has 7 heteroatoms. The van der Waals surface area contributed by atoms with Crippen molar-refractivity contribution in [3.63, 3.8) is 0 Å². The van der Waals surface area contributed by atoms with Crippen LogP contribution in [-0.2, 0) is 11.2 Å². The van der Waals surface area contributed by atoms with Gasteiger partial charge in [0.25, 0.3) is 5.91 Å². The van der Waals surface area contributed by atoms with E-state index < -0.39 is 6.04 Å². The summed E-state index contributed by atoms with van der Waals surface area (Å²) < 4.78 is 2.44. The number of fused-ring (bicyclic) bond motifs is 1. The molecule has 1 fully saturated rings. The topological polar surface area (TPSA) is 67.2 Å². The fourth-order valence-electron chi connectivity index (χ4n) is 5.28. The number of nitrogens with zero attached hydrogens (tertiary/aromatic N) is 3. The molecule has 0 radical (unpaired) electrons. The molecule has 1 aliphatic rings. The normalized spacial score (nSPS) is 19.1. The van der Waals surface area contributed by atoms with Gasteiger partial charge in [0.05, 0.1) is 11.0 Å². The first-order chi connectivity index (χ1) is 16.7. The van der Waals surface area contributed by atoms with Gasteiger partial charge in [-0.15, -0.1) is 11.3 Å². The Labute approximate surface area is 212 Å². The molecule has 1 aromatic carbocycles. The average molecular weight is 495 g/mol. The van der Waals surface area contributed by atoms with Gasteiger partial charge in [-0.1, -0.05) is 39.7 Å². The first kappa shape index (κ1) is 25.4. The number of nitrogens with one attached hydrogen (secondary N) is 1. The zero-order chi connectivity index (χ0) is 25.1. The first-order valence-electron chi connectivity index (χ1n) is 12.8. The summed E-state index contributed by atoms with van der Waals surface area (Å²) in [5.74, 6) is 1.65. The van der Waals surface area contributed by atoms with E-state index in [-0.39, 0.29) is 11.8 Å². The lowest BCUT2D eigenvalue weighted by molar-refractivity contribution is -0.131. The zero-order valence-corrected chi connectivity index (χ0v) is 22.4. The van der Waals surface area contributed by atoms with Gasteiger partial charge in [-0.25, -0.2) is 4.98 Å². The van der Waals surface area contributed by atoms with Crippen LogP contribution in [0.25, 0.3) is 11.0 Å². The van der Waals surface area contributed by atoms with Crippen molar-refractivity contribution in [2.24, 2.45) is 11.8 Å². The lowest BCUT2D eigenvalue weighted by Crippen LogP contribution is -2.46. The van der Waals surface area contributed by atoms with E-state index in [0.29, 0.717) is 29.9 Å². The molecule has 188 valence electrons. The fraction of sp³-hybridized carbons (Fsp3) is 0.536. The summed E-state index contributed by atoms with van der Waals surface area (Å²) in [6.07, 6.45) is 6.33. The number of amides is 2. The van der Waals surface area contributed by atoms with E-state index in [1.165, 1.54) is 24.1 Å². The number of imidazole rings is 1. The Morgan fingerprint density at radius 1 is 1.20 bits per heavy atom. The monoisotopic (exact) mass is 494 g/mol. The summed E-state index contributed by atoms with van der Waals surface area (Å²) in [6, 6.07) is 9.95. The van der Waals surface area contributed by atoms with Gasteiger partial charge < -0.3 is 14.8 Å². The Hall–Kier alpha value is -2.67. The molecular weight excluding hydrogens is 456 g/mol. The average Bonchev–Trinajstić information content (AvgIpc) is 3.45. The van der Waals surface area contributed by atoms with Crippen LogP contribution < -0.4 is 5.32 Å². The number of thiophene rings is 1. The highest BCUT2D eigenvalue weighted by Crippen LogP contribution is 2.37. The molecule has 1 aliphatic carbocycles. The number of rotatable bonds is 8. The van der Waals surface area contributed by atoms with E-state index in [2.05, 4.69) is 48.2 Å². The van der Waals surface area contributed by atoms with Crippen molar-refractivity contribution in [3.05, 3.63) is 52.0 Å². The molecule has 6 nitrogen and oxygen atoms in total.